The quantitative estimate of drug-likeness (QED) is 0.698. The molecule has 1 aliphatic heterocycles. The average Bonchev–Trinajstić information content (AvgIpc) is 2.75. The zero-order valence-corrected chi connectivity index (χ0v) is 10.4. The van der Waals surface area contributed by atoms with E-state index in [-0.39, 0.29) is 12.5 Å². The molecule has 5 heteroatoms. The molecule has 0 spiro atoms. The van der Waals surface area contributed by atoms with E-state index in [2.05, 4.69) is 12.2 Å². The van der Waals surface area contributed by atoms with Crippen LogP contribution in [0.25, 0.3) is 0 Å². The monoisotopic (exact) mass is 242 g/mol. The van der Waals surface area contributed by atoms with E-state index < -0.39 is 5.97 Å². The maximum atomic E-state index is 11.8. The van der Waals surface area contributed by atoms with Gasteiger partial charge in [-0.1, -0.05) is 6.92 Å². The van der Waals surface area contributed by atoms with Crippen LogP contribution in [0.1, 0.15) is 45.4 Å². The second-order valence-electron chi connectivity index (χ2n) is 4.48. The summed E-state index contributed by atoms with van der Waals surface area (Å²) in [6.45, 7) is 3.52. The van der Waals surface area contributed by atoms with Gasteiger partial charge in [-0.15, -0.1) is 0 Å². The van der Waals surface area contributed by atoms with Crippen LogP contribution < -0.4 is 5.32 Å². The number of urea groups is 1. The van der Waals surface area contributed by atoms with E-state index in [9.17, 15) is 9.59 Å². The number of likely N-dealkylation sites (tertiary alicyclic amines) is 1. The Morgan fingerprint density at radius 1 is 1.41 bits per heavy atom. The third kappa shape index (κ3) is 4.63. The third-order valence-corrected chi connectivity index (χ3v) is 3.20. The number of rotatable bonds is 6. The fraction of sp³-hybridized carbons (Fsp3) is 0.833. The summed E-state index contributed by atoms with van der Waals surface area (Å²) in [5, 5.41) is 11.3. The molecule has 0 aliphatic carbocycles. The molecule has 5 nitrogen and oxygen atoms in total. The second-order valence-corrected chi connectivity index (χ2v) is 4.48. The highest BCUT2D eigenvalue weighted by Gasteiger charge is 2.26. The number of hydrogen-bond acceptors (Lipinski definition) is 2. The van der Waals surface area contributed by atoms with Crippen LogP contribution in [-0.4, -0.2) is 41.1 Å². The summed E-state index contributed by atoms with van der Waals surface area (Å²) < 4.78 is 0. The Morgan fingerprint density at radius 3 is 2.82 bits per heavy atom. The van der Waals surface area contributed by atoms with E-state index in [0.717, 1.165) is 32.2 Å². The van der Waals surface area contributed by atoms with Crippen LogP contribution in [0.2, 0.25) is 0 Å². The van der Waals surface area contributed by atoms with Gasteiger partial charge in [-0.05, 0) is 32.1 Å². The molecule has 0 aromatic carbocycles. The predicted octanol–water partition coefficient (Wildman–Crippen LogP) is 1.83. The number of carbonyl (C=O) groups is 2. The van der Waals surface area contributed by atoms with E-state index in [1.807, 2.05) is 4.90 Å². The number of hydrogen-bond donors (Lipinski definition) is 2. The number of aliphatic carboxylic acids is 1. The molecule has 1 unspecified atom stereocenters. The molecule has 2 amide bonds. The molecule has 1 aliphatic rings. The summed E-state index contributed by atoms with van der Waals surface area (Å²) in [5.41, 5.74) is 0. The molecule has 1 saturated heterocycles. The van der Waals surface area contributed by atoms with Gasteiger partial charge in [-0.3, -0.25) is 4.79 Å². The Hall–Kier alpha value is -1.26. The highest BCUT2D eigenvalue weighted by molar-refractivity contribution is 5.74. The van der Waals surface area contributed by atoms with Crippen molar-refractivity contribution in [1.82, 2.24) is 10.2 Å². The van der Waals surface area contributed by atoms with Crippen LogP contribution >= 0.6 is 0 Å². The largest absolute Gasteiger partial charge is 0.481 e. The predicted molar refractivity (Wildman–Crippen MR) is 64.9 cm³/mol. The van der Waals surface area contributed by atoms with Gasteiger partial charge >= 0.3 is 12.0 Å². The molecule has 0 radical (unpaired) electrons. The van der Waals surface area contributed by atoms with Gasteiger partial charge in [-0.2, -0.15) is 0 Å². The smallest absolute Gasteiger partial charge is 0.317 e. The molecule has 1 rings (SSSR count). The fourth-order valence-corrected chi connectivity index (χ4v) is 2.23. The lowest BCUT2D eigenvalue weighted by Crippen LogP contribution is -2.42. The van der Waals surface area contributed by atoms with Crippen LogP contribution in [0.5, 0.6) is 0 Å². The molecule has 17 heavy (non-hydrogen) atoms. The number of carboxylic acid groups (broad SMARTS) is 1. The van der Waals surface area contributed by atoms with Gasteiger partial charge in [0.25, 0.3) is 0 Å². The minimum atomic E-state index is -0.776. The molecule has 0 bridgehead atoms. The fourth-order valence-electron chi connectivity index (χ4n) is 2.23. The van der Waals surface area contributed by atoms with Gasteiger partial charge in [0.2, 0.25) is 0 Å². The lowest BCUT2D eigenvalue weighted by Gasteiger charge is -2.23. The summed E-state index contributed by atoms with van der Waals surface area (Å²) in [5.74, 6) is -0.776. The Kier molecular flexibility index (Phi) is 5.80. The van der Waals surface area contributed by atoms with Crippen LogP contribution in [-0.2, 0) is 4.79 Å². The topological polar surface area (TPSA) is 69.6 Å². The first-order valence-corrected chi connectivity index (χ1v) is 6.41. The Balaban J connectivity index is 2.14. The first-order chi connectivity index (χ1) is 8.15. The van der Waals surface area contributed by atoms with E-state index in [1.54, 1.807) is 0 Å². The second kappa shape index (κ2) is 7.14. The summed E-state index contributed by atoms with van der Waals surface area (Å²) in [6.07, 6.45) is 4.72. The van der Waals surface area contributed by atoms with Gasteiger partial charge in [0.05, 0.1) is 0 Å². The van der Waals surface area contributed by atoms with E-state index in [1.165, 1.54) is 0 Å². The van der Waals surface area contributed by atoms with Gasteiger partial charge in [0, 0.05) is 25.6 Å². The molecule has 1 fully saturated rings. The third-order valence-electron chi connectivity index (χ3n) is 3.20. The SMILES string of the molecule is CCC1CCCN1C(=O)NCCCCC(=O)O. The first kappa shape index (κ1) is 13.8. The normalized spacial score (nSPS) is 19.4. The minimum Gasteiger partial charge on any atom is -0.481 e. The van der Waals surface area contributed by atoms with Gasteiger partial charge in [0.15, 0.2) is 0 Å². The molecule has 1 atom stereocenters. The molecule has 0 saturated carbocycles. The first-order valence-electron chi connectivity index (χ1n) is 6.41. The highest BCUT2D eigenvalue weighted by atomic mass is 16.4. The van der Waals surface area contributed by atoms with Crippen LogP contribution in [0.4, 0.5) is 4.79 Å². The van der Waals surface area contributed by atoms with Crippen molar-refractivity contribution in [3.63, 3.8) is 0 Å². The molecule has 98 valence electrons. The number of nitrogens with zero attached hydrogens (tertiary/aromatic N) is 1. The van der Waals surface area contributed by atoms with E-state index in [4.69, 9.17) is 5.11 Å². The number of carboxylic acids is 1. The van der Waals surface area contributed by atoms with Crippen molar-refractivity contribution in [2.24, 2.45) is 0 Å². The van der Waals surface area contributed by atoms with Crippen LogP contribution in [0.3, 0.4) is 0 Å². The molecule has 1 heterocycles. The summed E-state index contributed by atoms with van der Waals surface area (Å²) in [6, 6.07) is 0.388. The van der Waals surface area contributed by atoms with Gasteiger partial charge in [0.1, 0.15) is 0 Å². The Bertz CT molecular complexity index is 268. The summed E-state index contributed by atoms with van der Waals surface area (Å²) in [4.78, 5) is 24.0. The molecule has 0 aromatic heterocycles. The van der Waals surface area contributed by atoms with Gasteiger partial charge < -0.3 is 15.3 Å². The van der Waals surface area contributed by atoms with Crippen molar-refractivity contribution < 1.29 is 14.7 Å². The van der Waals surface area contributed by atoms with Crippen LogP contribution in [0, 0.1) is 0 Å². The van der Waals surface area contributed by atoms with E-state index in [0.29, 0.717) is 19.0 Å². The molecule has 2 N–H and O–H groups in total. The van der Waals surface area contributed by atoms with Crippen molar-refractivity contribution in [2.45, 2.75) is 51.5 Å². The molecule has 0 aromatic rings. The minimum absolute atomic E-state index is 0.00433. The zero-order chi connectivity index (χ0) is 12.7. The summed E-state index contributed by atoms with van der Waals surface area (Å²) in [7, 11) is 0. The Labute approximate surface area is 102 Å². The molecular formula is C12H22N2O3. The zero-order valence-electron chi connectivity index (χ0n) is 10.4. The van der Waals surface area contributed by atoms with Crippen molar-refractivity contribution in [1.29, 1.82) is 0 Å². The van der Waals surface area contributed by atoms with Crippen molar-refractivity contribution in [3.8, 4) is 0 Å². The average molecular weight is 242 g/mol. The number of carbonyl (C=O) groups excluding carboxylic acids is 1. The van der Waals surface area contributed by atoms with Crippen molar-refractivity contribution in [2.75, 3.05) is 13.1 Å². The standard InChI is InChI=1S/C12H22N2O3/c1-2-10-6-5-9-14(10)12(17)13-8-4-3-7-11(15)16/h10H,2-9H2,1H3,(H,13,17)(H,15,16). The number of amides is 2. The van der Waals surface area contributed by atoms with Gasteiger partial charge in [-0.25, -0.2) is 4.79 Å². The number of unbranched alkanes of at least 4 members (excludes halogenated alkanes) is 1. The maximum absolute atomic E-state index is 11.8. The van der Waals surface area contributed by atoms with E-state index >= 15 is 0 Å². The number of nitrogens with one attached hydrogen (secondary N) is 1. The van der Waals surface area contributed by atoms with Crippen molar-refractivity contribution in [3.05, 3.63) is 0 Å². The lowest BCUT2D eigenvalue weighted by molar-refractivity contribution is -0.137. The van der Waals surface area contributed by atoms with Crippen molar-refractivity contribution >= 4 is 12.0 Å². The molecular weight excluding hydrogens is 220 g/mol. The van der Waals surface area contributed by atoms with Crippen LogP contribution in [0.15, 0.2) is 0 Å². The lowest BCUT2D eigenvalue weighted by atomic mass is 10.2. The highest BCUT2D eigenvalue weighted by Crippen LogP contribution is 2.19. The Morgan fingerprint density at radius 2 is 2.18 bits per heavy atom. The maximum Gasteiger partial charge on any atom is 0.317 e. The summed E-state index contributed by atoms with van der Waals surface area (Å²) >= 11 is 0.